The molecule has 0 aromatic carbocycles. The first-order valence-electron chi connectivity index (χ1n) is 4.58. The van der Waals surface area contributed by atoms with Crippen molar-refractivity contribution in [2.75, 3.05) is 18.4 Å². The normalized spacial score (nSPS) is 11.7. The van der Waals surface area contributed by atoms with Crippen LogP contribution in [0.1, 0.15) is 20.8 Å². The second-order valence-corrected chi connectivity index (χ2v) is 4.80. The minimum atomic E-state index is -2.54. The summed E-state index contributed by atoms with van der Waals surface area (Å²) in [4.78, 5) is 12.4. The molecule has 3 nitrogen and oxygen atoms in total. The fourth-order valence-corrected chi connectivity index (χ4v) is 1.28. The number of amides is 1. The SMILES string of the molecule is CC(C)(C)OC(=O)N(CCBr)CC(F)F. The van der Waals surface area contributed by atoms with Crippen molar-refractivity contribution < 1.29 is 18.3 Å². The Kier molecular flexibility index (Phi) is 6.09. The van der Waals surface area contributed by atoms with Gasteiger partial charge in [0.25, 0.3) is 6.43 Å². The molecule has 0 spiro atoms. The van der Waals surface area contributed by atoms with Gasteiger partial charge in [-0.2, -0.15) is 0 Å². The Bertz CT molecular complexity index is 207. The van der Waals surface area contributed by atoms with Crippen LogP contribution < -0.4 is 0 Å². The van der Waals surface area contributed by atoms with E-state index in [-0.39, 0.29) is 6.54 Å². The van der Waals surface area contributed by atoms with Crippen LogP contribution in [0.2, 0.25) is 0 Å². The molecule has 15 heavy (non-hydrogen) atoms. The van der Waals surface area contributed by atoms with E-state index >= 15 is 0 Å². The Balaban J connectivity index is 4.28. The van der Waals surface area contributed by atoms with Crippen LogP contribution in [0.3, 0.4) is 0 Å². The average Bonchev–Trinajstić information content (AvgIpc) is 1.99. The highest BCUT2D eigenvalue weighted by atomic mass is 79.9. The molecule has 0 unspecified atom stereocenters. The van der Waals surface area contributed by atoms with E-state index in [2.05, 4.69) is 15.9 Å². The van der Waals surface area contributed by atoms with E-state index in [9.17, 15) is 13.6 Å². The van der Waals surface area contributed by atoms with Crippen molar-refractivity contribution in [1.82, 2.24) is 4.90 Å². The van der Waals surface area contributed by atoms with E-state index < -0.39 is 24.7 Å². The molecule has 0 saturated heterocycles. The van der Waals surface area contributed by atoms with Gasteiger partial charge in [-0.1, -0.05) is 15.9 Å². The smallest absolute Gasteiger partial charge is 0.410 e. The lowest BCUT2D eigenvalue weighted by molar-refractivity contribution is 0.0119. The number of hydrogen-bond acceptors (Lipinski definition) is 2. The predicted molar refractivity (Wildman–Crippen MR) is 57.6 cm³/mol. The first-order chi connectivity index (χ1) is 6.76. The van der Waals surface area contributed by atoms with Crippen LogP contribution in [0.4, 0.5) is 13.6 Å². The Morgan fingerprint density at radius 3 is 2.33 bits per heavy atom. The molecular formula is C9H16BrF2NO2. The fraction of sp³-hybridized carbons (Fsp3) is 0.889. The predicted octanol–water partition coefficient (Wildman–Crippen LogP) is 2.88. The van der Waals surface area contributed by atoms with E-state index in [4.69, 9.17) is 4.74 Å². The molecule has 0 aromatic rings. The molecule has 90 valence electrons. The molecule has 0 fully saturated rings. The molecule has 0 radical (unpaired) electrons. The maximum atomic E-state index is 12.1. The zero-order chi connectivity index (χ0) is 12.1. The van der Waals surface area contributed by atoms with E-state index in [0.29, 0.717) is 5.33 Å². The summed E-state index contributed by atoms with van der Waals surface area (Å²) >= 11 is 3.09. The summed E-state index contributed by atoms with van der Waals surface area (Å²) in [5.74, 6) is 0. The van der Waals surface area contributed by atoms with Crippen molar-refractivity contribution in [2.24, 2.45) is 0 Å². The van der Waals surface area contributed by atoms with Gasteiger partial charge in [0.2, 0.25) is 0 Å². The maximum absolute atomic E-state index is 12.1. The summed E-state index contributed by atoms with van der Waals surface area (Å²) in [6.45, 7) is 4.69. The largest absolute Gasteiger partial charge is 0.444 e. The Morgan fingerprint density at radius 2 is 2.00 bits per heavy atom. The Hall–Kier alpha value is -0.390. The maximum Gasteiger partial charge on any atom is 0.410 e. The minimum Gasteiger partial charge on any atom is -0.444 e. The van der Waals surface area contributed by atoms with Crippen molar-refractivity contribution in [3.63, 3.8) is 0 Å². The molecule has 0 aliphatic carbocycles. The van der Waals surface area contributed by atoms with Crippen LogP contribution in [0.25, 0.3) is 0 Å². The van der Waals surface area contributed by atoms with E-state index in [1.54, 1.807) is 20.8 Å². The first kappa shape index (κ1) is 14.6. The topological polar surface area (TPSA) is 29.5 Å². The van der Waals surface area contributed by atoms with Gasteiger partial charge in [-0.05, 0) is 20.8 Å². The van der Waals surface area contributed by atoms with Gasteiger partial charge in [0, 0.05) is 11.9 Å². The summed E-state index contributed by atoms with van der Waals surface area (Å²) < 4.78 is 29.3. The Morgan fingerprint density at radius 1 is 1.47 bits per heavy atom. The standard InChI is InChI=1S/C9H16BrF2NO2/c1-9(2,3)15-8(14)13(5-4-10)6-7(11)12/h7H,4-6H2,1-3H3. The van der Waals surface area contributed by atoms with Crippen molar-refractivity contribution in [3.8, 4) is 0 Å². The van der Waals surface area contributed by atoms with Crippen LogP contribution in [0.15, 0.2) is 0 Å². The highest BCUT2D eigenvalue weighted by molar-refractivity contribution is 9.09. The number of carbonyl (C=O) groups excluding carboxylic acids is 1. The molecule has 6 heteroatoms. The van der Waals surface area contributed by atoms with Crippen LogP contribution in [-0.2, 0) is 4.74 Å². The minimum absolute atomic E-state index is 0.208. The highest BCUT2D eigenvalue weighted by Crippen LogP contribution is 2.11. The monoisotopic (exact) mass is 287 g/mol. The summed E-state index contributed by atoms with van der Waals surface area (Å²) in [7, 11) is 0. The lowest BCUT2D eigenvalue weighted by atomic mass is 10.2. The van der Waals surface area contributed by atoms with Crippen molar-refractivity contribution in [2.45, 2.75) is 32.8 Å². The summed E-state index contributed by atoms with van der Waals surface area (Å²) in [6.07, 6.45) is -3.25. The quantitative estimate of drug-likeness (QED) is 0.744. The number of nitrogens with zero attached hydrogens (tertiary/aromatic N) is 1. The van der Waals surface area contributed by atoms with Crippen molar-refractivity contribution in [3.05, 3.63) is 0 Å². The third kappa shape index (κ3) is 7.53. The average molecular weight is 288 g/mol. The second kappa shape index (κ2) is 6.25. The number of ether oxygens (including phenoxy) is 1. The van der Waals surface area contributed by atoms with Gasteiger partial charge in [0.05, 0.1) is 6.54 Å². The van der Waals surface area contributed by atoms with E-state index in [1.165, 1.54) is 0 Å². The number of alkyl halides is 3. The lowest BCUT2D eigenvalue weighted by Gasteiger charge is -2.26. The molecule has 0 heterocycles. The van der Waals surface area contributed by atoms with Crippen LogP contribution >= 0.6 is 15.9 Å². The molecule has 0 atom stereocenters. The van der Waals surface area contributed by atoms with Crippen LogP contribution in [0.5, 0.6) is 0 Å². The molecular weight excluding hydrogens is 272 g/mol. The van der Waals surface area contributed by atoms with Gasteiger partial charge in [-0.15, -0.1) is 0 Å². The zero-order valence-electron chi connectivity index (χ0n) is 9.10. The second-order valence-electron chi connectivity index (χ2n) is 4.01. The molecule has 0 aromatic heterocycles. The number of rotatable bonds is 4. The van der Waals surface area contributed by atoms with Gasteiger partial charge in [-0.3, -0.25) is 0 Å². The first-order valence-corrected chi connectivity index (χ1v) is 5.70. The zero-order valence-corrected chi connectivity index (χ0v) is 10.7. The molecule has 1 amide bonds. The number of halogens is 3. The lowest BCUT2D eigenvalue weighted by Crippen LogP contribution is -2.40. The summed E-state index contributed by atoms with van der Waals surface area (Å²) in [5.41, 5.74) is -0.663. The van der Waals surface area contributed by atoms with Gasteiger partial charge in [0.1, 0.15) is 5.60 Å². The van der Waals surface area contributed by atoms with E-state index in [0.717, 1.165) is 4.90 Å². The van der Waals surface area contributed by atoms with Crippen molar-refractivity contribution in [1.29, 1.82) is 0 Å². The molecule has 0 aliphatic rings. The molecule has 0 rings (SSSR count). The molecule has 0 N–H and O–H groups in total. The number of carbonyl (C=O) groups is 1. The number of hydrogen-bond donors (Lipinski definition) is 0. The van der Waals surface area contributed by atoms with Gasteiger partial charge >= 0.3 is 6.09 Å². The summed E-state index contributed by atoms with van der Waals surface area (Å²) in [6, 6.07) is 0. The van der Waals surface area contributed by atoms with Crippen LogP contribution in [-0.4, -0.2) is 41.4 Å². The highest BCUT2D eigenvalue weighted by Gasteiger charge is 2.23. The molecule has 0 bridgehead atoms. The van der Waals surface area contributed by atoms with E-state index in [1.807, 2.05) is 0 Å². The summed E-state index contributed by atoms with van der Waals surface area (Å²) in [5, 5.41) is 0.443. The van der Waals surface area contributed by atoms with Gasteiger partial charge in [0.15, 0.2) is 0 Å². The van der Waals surface area contributed by atoms with Gasteiger partial charge < -0.3 is 9.64 Å². The Labute approximate surface area is 96.9 Å². The molecule has 0 aliphatic heterocycles. The third-order valence-electron chi connectivity index (χ3n) is 1.36. The molecule has 0 saturated carbocycles. The fourth-order valence-electron chi connectivity index (χ4n) is 0.852. The van der Waals surface area contributed by atoms with Crippen molar-refractivity contribution >= 4 is 22.0 Å². The van der Waals surface area contributed by atoms with Crippen LogP contribution in [0, 0.1) is 0 Å². The van der Waals surface area contributed by atoms with Gasteiger partial charge in [-0.25, -0.2) is 13.6 Å². The third-order valence-corrected chi connectivity index (χ3v) is 1.72.